The van der Waals surface area contributed by atoms with Gasteiger partial charge in [-0.15, -0.1) is 11.8 Å². The first kappa shape index (κ1) is 14.9. The highest BCUT2D eigenvalue weighted by Gasteiger charge is 2.15. The lowest BCUT2D eigenvalue weighted by atomic mass is 9.86. The van der Waals surface area contributed by atoms with E-state index in [4.69, 9.17) is 17.5 Å². The molecule has 0 spiro atoms. The number of hydrogen-bond donors (Lipinski definition) is 0. The summed E-state index contributed by atoms with van der Waals surface area (Å²) >= 11 is 6.64. The summed E-state index contributed by atoms with van der Waals surface area (Å²) in [5, 5.41) is 8.72. The van der Waals surface area contributed by atoms with E-state index in [0.29, 0.717) is 9.91 Å². The molecule has 4 heteroatoms. The van der Waals surface area contributed by atoms with Crippen LogP contribution >= 0.6 is 24.0 Å². The van der Waals surface area contributed by atoms with Crippen molar-refractivity contribution in [3.05, 3.63) is 35.4 Å². The van der Waals surface area contributed by atoms with Crippen molar-refractivity contribution in [2.75, 3.05) is 6.26 Å². The van der Waals surface area contributed by atoms with Crippen LogP contribution < -0.4 is 0 Å². The van der Waals surface area contributed by atoms with Gasteiger partial charge in [-0.1, -0.05) is 57.3 Å². The van der Waals surface area contributed by atoms with Gasteiger partial charge in [-0.3, -0.25) is 0 Å². The van der Waals surface area contributed by atoms with E-state index in [2.05, 4.69) is 37.9 Å². The molecule has 0 amide bonds. The van der Waals surface area contributed by atoms with Gasteiger partial charge >= 0.3 is 0 Å². The molecule has 1 aromatic rings. The molecule has 0 atom stereocenters. The highest BCUT2D eigenvalue weighted by Crippen LogP contribution is 2.23. The topological polar surface area (TPSA) is 36.1 Å². The minimum absolute atomic E-state index is 0.116. The number of rotatable bonds is 2. The van der Waals surface area contributed by atoms with Crippen molar-refractivity contribution in [3.63, 3.8) is 0 Å². The largest absolute Gasteiger partial charge is 0.206 e. The highest BCUT2D eigenvalue weighted by atomic mass is 32.2. The summed E-state index contributed by atoms with van der Waals surface area (Å²) in [5.74, 6) is 0. The van der Waals surface area contributed by atoms with Crippen molar-refractivity contribution in [3.8, 4) is 6.19 Å². The van der Waals surface area contributed by atoms with Gasteiger partial charge in [0.05, 0.1) is 4.20 Å². The van der Waals surface area contributed by atoms with Crippen molar-refractivity contribution in [1.29, 1.82) is 5.26 Å². The van der Waals surface area contributed by atoms with Crippen LogP contribution in [0.4, 0.5) is 0 Å². The fourth-order valence-corrected chi connectivity index (χ4v) is 2.02. The quantitative estimate of drug-likeness (QED) is 0.466. The second kappa shape index (κ2) is 6.12. The molecule has 1 aromatic carbocycles. The maximum atomic E-state index is 8.72. The molecule has 0 unspecified atom stereocenters. The lowest BCUT2D eigenvalue weighted by Gasteiger charge is -2.19. The summed E-state index contributed by atoms with van der Waals surface area (Å²) in [6, 6.07) is 8.06. The standard InChI is InChI=1S/C14H16N2S2/c1-14(2,3)11-7-5-10(6-8-11)12(16-9-15)13(17)18-4/h5-8H,1-4H3. The minimum atomic E-state index is 0.116. The first-order valence-corrected chi connectivity index (χ1v) is 7.19. The number of aliphatic imine (C=N–C) groups is 1. The third-order valence-electron chi connectivity index (χ3n) is 2.56. The van der Waals surface area contributed by atoms with Crippen LogP contribution in [0.15, 0.2) is 29.3 Å². The summed E-state index contributed by atoms with van der Waals surface area (Å²) in [6.07, 6.45) is 3.70. The van der Waals surface area contributed by atoms with Gasteiger partial charge in [0.2, 0.25) is 6.19 Å². The van der Waals surface area contributed by atoms with E-state index in [0.717, 1.165) is 5.56 Å². The molecule has 0 aliphatic heterocycles. The van der Waals surface area contributed by atoms with E-state index in [-0.39, 0.29) is 5.41 Å². The smallest absolute Gasteiger partial charge is 0.171 e. The average molecular weight is 276 g/mol. The van der Waals surface area contributed by atoms with Crippen LogP contribution in [0.5, 0.6) is 0 Å². The van der Waals surface area contributed by atoms with Gasteiger partial charge in [0.25, 0.3) is 0 Å². The Balaban J connectivity index is 3.15. The Labute approximate surface area is 118 Å². The molecule has 0 radical (unpaired) electrons. The Bertz CT molecular complexity index is 502. The maximum absolute atomic E-state index is 8.72. The SMILES string of the molecule is CSC(=S)C(=NC#N)c1ccc(C(C)(C)C)cc1. The van der Waals surface area contributed by atoms with Crippen molar-refractivity contribution in [1.82, 2.24) is 0 Å². The van der Waals surface area contributed by atoms with Gasteiger partial charge in [0.15, 0.2) is 0 Å². The van der Waals surface area contributed by atoms with Crippen LogP contribution in [-0.2, 0) is 5.41 Å². The number of thioether (sulfide) groups is 1. The van der Waals surface area contributed by atoms with Gasteiger partial charge in [0, 0.05) is 5.56 Å². The molecule has 1 rings (SSSR count). The summed E-state index contributed by atoms with van der Waals surface area (Å²) in [7, 11) is 0. The third-order valence-corrected chi connectivity index (χ3v) is 3.82. The number of benzene rings is 1. The minimum Gasteiger partial charge on any atom is -0.171 e. The zero-order valence-electron chi connectivity index (χ0n) is 11.0. The monoisotopic (exact) mass is 276 g/mol. The maximum Gasteiger partial charge on any atom is 0.206 e. The van der Waals surface area contributed by atoms with Gasteiger partial charge in [-0.05, 0) is 17.2 Å². The van der Waals surface area contributed by atoms with Crippen LogP contribution in [0.2, 0.25) is 0 Å². The average Bonchev–Trinajstić information content (AvgIpc) is 2.34. The highest BCUT2D eigenvalue weighted by molar-refractivity contribution is 8.24. The lowest BCUT2D eigenvalue weighted by molar-refractivity contribution is 0.590. The van der Waals surface area contributed by atoms with Gasteiger partial charge in [0.1, 0.15) is 5.71 Å². The summed E-state index contributed by atoms with van der Waals surface area (Å²) in [5.41, 5.74) is 2.84. The molecule has 0 aliphatic carbocycles. The van der Waals surface area contributed by atoms with E-state index in [9.17, 15) is 0 Å². The van der Waals surface area contributed by atoms with Crippen LogP contribution in [0, 0.1) is 11.5 Å². The zero-order valence-corrected chi connectivity index (χ0v) is 12.7. The molecule has 18 heavy (non-hydrogen) atoms. The van der Waals surface area contributed by atoms with Gasteiger partial charge < -0.3 is 0 Å². The first-order valence-electron chi connectivity index (χ1n) is 5.56. The molecule has 2 nitrogen and oxygen atoms in total. The molecule has 0 fully saturated rings. The number of thiocarbonyl (C=S) groups is 1. The molecule has 0 N–H and O–H groups in total. The van der Waals surface area contributed by atoms with Crippen molar-refractivity contribution >= 4 is 33.9 Å². The van der Waals surface area contributed by atoms with Crippen LogP contribution in [0.1, 0.15) is 31.9 Å². The Morgan fingerprint density at radius 3 is 2.22 bits per heavy atom. The van der Waals surface area contributed by atoms with E-state index in [1.165, 1.54) is 17.3 Å². The van der Waals surface area contributed by atoms with Gasteiger partial charge in [-0.2, -0.15) is 10.3 Å². The molecule has 0 heterocycles. The number of nitriles is 1. The summed E-state index contributed by atoms with van der Waals surface area (Å²) in [6.45, 7) is 6.50. The van der Waals surface area contributed by atoms with E-state index >= 15 is 0 Å². The van der Waals surface area contributed by atoms with E-state index in [1.807, 2.05) is 24.6 Å². The number of hydrogen-bond acceptors (Lipinski definition) is 4. The molecular weight excluding hydrogens is 260 g/mol. The summed E-state index contributed by atoms with van der Waals surface area (Å²) < 4.78 is 0.639. The second-order valence-corrected chi connectivity index (χ2v) is 6.36. The van der Waals surface area contributed by atoms with Gasteiger partial charge in [-0.25, -0.2) is 0 Å². The molecule has 0 aromatic heterocycles. The molecule has 0 saturated carbocycles. The Morgan fingerprint density at radius 2 is 1.83 bits per heavy atom. The van der Waals surface area contributed by atoms with E-state index in [1.54, 1.807) is 0 Å². The lowest BCUT2D eigenvalue weighted by Crippen LogP contribution is -2.13. The van der Waals surface area contributed by atoms with E-state index < -0.39 is 0 Å². The molecule has 0 aliphatic rings. The van der Waals surface area contributed by atoms with Crippen LogP contribution in [-0.4, -0.2) is 16.2 Å². The van der Waals surface area contributed by atoms with Crippen LogP contribution in [0.3, 0.4) is 0 Å². The van der Waals surface area contributed by atoms with Crippen molar-refractivity contribution in [2.45, 2.75) is 26.2 Å². The first-order chi connectivity index (χ1) is 8.40. The fraction of sp³-hybridized carbons (Fsp3) is 0.357. The second-order valence-electron chi connectivity index (χ2n) is 4.88. The Hall–Kier alpha value is -1.18. The molecular formula is C14H16N2S2. The third kappa shape index (κ3) is 3.66. The Kier molecular flexibility index (Phi) is 5.06. The summed E-state index contributed by atoms with van der Waals surface area (Å²) in [4.78, 5) is 3.82. The fourth-order valence-electron chi connectivity index (χ4n) is 1.50. The predicted molar refractivity (Wildman–Crippen MR) is 83.4 cm³/mol. The molecule has 0 bridgehead atoms. The normalized spacial score (nSPS) is 12.1. The number of nitrogens with zero attached hydrogens (tertiary/aromatic N) is 2. The van der Waals surface area contributed by atoms with Crippen molar-refractivity contribution in [2.24, 2.45) is 4.99 Å². The van der Waals surface area contributed by atoms with Crippen LogP contribution in [0.25, 0.3) is 0 Å². The molecule has 0 saturated heterocycles. The zero-order chi connectivity index (χ0) is 13.8. The molecule has 94 valence electrons. The van der Waals surface area contributed by atoms with Crippen molar-refractivity contribution < 1.29 is 0 Å². The Morgan fingerprint density at radius 1 is 1.28 bits per heavy atom. The predicted octanol–water partition coefficient (Wildman–Crippen LogP) is 3.94.